The van der Waals surface area contributed by atoms with Gasteiger partial charge in [-0.3, -0.25) is 0 Å². The van der Waals surface area contributed by atoms with E-state index in [4.69, 9.17) is 5.11 Å². The van der Waals surface area contributed by atoms with Crippen LogP contribution in [0.15, 0.2) is 12.3 Å². The van der Waals surface area contributed by atoms with Crippen LogP contribution in [0.2, 0.25) is 0 Å². The minimum Gasteiger partial charge on any atom is -0.478 e. The molecule has 17 heavy (non-hydrogen) atoms. The highest BCUT2D eigenvalue weighted by molar-refractivity contribution is 5.94. The lowest BCUT2D eigenvalue weighted by molar-refractivity contribution is 0.0697. The summed E-state index contributed by atoms with van der Waals surface area (Å²) < 4.78 is 0. The van der Waals surface area contributed by atoms with Crippen molar-refractivity contribution in [2.75, 3.05) is 11.9 Å². The molecule has 0 fully saturated rings. The quantitative estimate of drug-likeness (QED) is 0.843. The topological polar surface area (TPSA) is 62.2 Å². The van der Waals surface area contributed by atoms with E-state index in [9.17, 15) is 4.79 Å². The van der Waals surface area contributed by atoms with E-state index in [1.165, 1.54) is 0 Å². The predicted octanol–water partition coefficient (Wildman–Crippen LogP) is 2.94. The van der Waals surface area contributed by atoms with Gasteiger partial charge in [0.25, 0.3) is 0 Å². The fourth-order valence-electron chi connectivity index (χ4n) is 1.52. The van der Waals surface area contributed by atoms with Crippen LogP contribution in [-0.4, -0.2) is 22.6 Å². The molecular weight excluding hydrogens is 216 g/mol. The van der Waals surface area contributed by atoms with Gasteiger partial charge in [0.05, 0.1) is 0 Å². The molecular formula is C13H20N2O2. The molecule has 0 aliphatic heterocycles. The molecule has 0 amide bonds. The van der Waals surface area contributed by atoms with Crippen LogP contribution >= 0.6 is 0 Å². The van der Waals surface area contributed by atoms with E-state index in [1.54, 1.807) is 19.2 Å². The third kappa shape index (κ3) is 4.06. The molecule has 1 aromatic heterocycles. The summed E-state index contributed by atoms with van der Waals surface area (Å²) in [5.74, 6) is -0.476. The average Bonchev–Trinajstić information content (AvgIpc) is 2.14. The standard InChI is InChI=1S/C13H20N2O2/c1-9-5-7-14-11(10(9)12(16)17)15-8-6-13(2,3)4/h5,7H,6,8H2,1-4H3,(H,14,15)(H,16,17). The van der Waals surface area contributed by atoms with Crippen LogP contribution in [0.25, 0.3) is 0 Å². The van der Waals surface area contributed by atoms with Crippen molar-refractivity contribution < 1.29 is 9.90 Å². The monoisotopic (exact) mass is 236 g/mol. The van der Waals surface area contributed by atoms with Crippen molar-refractivity contribution in [3.05, 3.63) is 23.4 Å². The van der Waals surface area contributed by atoms with Gasteiger partial charge in [0.15, 0.2) is 0 Å². The van der Waals surface area contributed by atoms with E-state index in [2.05, 4.69) is 31.1 Å². The predicted molar refractivity (Wildman–Crippen MR) is 68.5 cm³/mol. The highest BCUT2D eigenvalue weighted by Gasteiger charge is 2.15. The Kier molecular flexibility index (Phi) is 4.10. The Balaban J connectivity index is 2.78. The molecule has 1 rings (SSSR count). The maximum atomic E-state index is 11.1. The normalized spacial score (nSPS) is 11.3. The van der Waals surface area contributed by atoms with Crippen molar-refractivity contribution >= 4 is 11.8 Å². The Bertz CT molecular complexity index is 408. The van der Waals surface area contributed by atoms with Crippen LogP contribution < -0.4 is 5.32 Å². The average molecular weight is 236 g/mol. The van der Waals surface area contributed by atoms with E-state index < -0.39 is 5.97 Å². The van der Waals surface area contributed by atoms with E-state index in [-0.39, 0.29) is 11.0 Å². The minimum atomic E-state index is -0.936. The molecule has 0 saturated carbocycles. The van der Waals surface area contributed by atoms with Gasteiger partial charge in [-0.1, -0.05) is 20.8 Å². The van der Waals surface area contributed by atoms with Gasteiger partial charge >= 0.3 is 5.97 Å². The van der Waals surface area contributed by atoms with Crippen LogP contribution in [0.3, 0.4) is 0 Å². The number of pyridine rings is 1. The number of carboxylic acid groups (broad SMARTS) is 1. The third-order valence-electron chi connectivity index (χ3n) is 2.54. The molecule has 0 aromatic carbocycles. The fourth-order valence-corrected chi connectivity index (χ4v) is 1.52. The van der Waals surface area contributed by atoms with E-state index in [0.29, 0.717) is 5.82 Å². The molecule has 0 radical (unpaired) electrons. The molecule has 0 aliphatic carbocycles. The molecule has 2 N–H and O–H groups in total. The van der Waals surface area contributed by atoms with Gasteiger partial charge in [-0.2, -0.15) is 0 Å². The van der Waals surface area contributed by atoms with Gasteiger partial charge in [0.1, 0.15) is 11.4 Å². The fraction of sp³-hybridized carbons (Fsp3) is 0.538. The number of anilines is 1. The highest BCUT2D eigenvalue weighted by atomic mass is 16.4. The van der Waals surface area contributed by atoms with Crippen molar-refractivity contribution in [1.29, 1.82) is 0 Å². The molecule has 4 heteroatoms. The summed E-state index contributed by atoms with van der Waals surface area (Å²) in [5.41, 5.74) is 1.22. The molecule has 94 valence electrons. The smallest absolute Gasteiger partial charge is 0.339 e. The Morgan fingerprint density at radius 2 is 2.12 bits per heavy atom. The van der Waals surface area contributed by atoms with Crippen molar-refractivity contribution in [3.8, 4) is 0 Å². The van der Waals surface area contributed by atoms with Gasteiger partial charge in [-0.05, 0) is 30.4 Å². The Morgan fingerprint density at radius 3 is 2.65 bits per heavy atom. The number of aromatic nitrogens is 1. The summed E-state index contributed by atoms with van der Waals surface area (Å²) in [6.45, 7) is 8.95. The zero-order valence-electron chi connectivity index (χ0n) is 10.9. The first kappa shape index (κ1) is 13.5. The lowest BCUT2D eigenvalue weighted by Crippen LogP contribution is -2.16. The third-order valence-corrected chi connectivity index (χ3v) is 2.54. The summed E-state index contributed by atoms with van der Waals surface area (Å²) >= 11 is 0. The number of carboxylic acids is 1. The number of hydrogen-bond acceptors (Lipinski definition) is 3. The van der Waals surface area contributed by atoms with Crippen LogP contribution in [-0.2, 0) is 0 Å². The van der Waals surface area contributed by atoms with Crippen LogP contribution in [0, 0.1) is 12.3 Å². The molecule has 0 aliphatic rings. The summed E-state index contributed by atoms with van der Waals surface area (Å²) in [7, 11) is 0. The molecule has 0 unspecified atom stereocenters. The van der Waals surface area contributed by atoms with Crippen molar-refractivity contribution in [2.24, 2.45) is 5.41 Å². The van der Waals surface area contributed by atoms with Gasteiger partial charge < -0.3 is 10.4 Å². The molecule has 0 saturated heterocycles. The highest BCUT2D eigenvalue weighted by Crippen LogP contribution is 2.20. The summed E-state index contributed by atoms with van der Waals surface area (Å²) in [5, 5.41) is 12.2. The first-order valence-electron chi connectivity index (χ1n) is 5.74. The van der Waals surface area contributed by atoms with Gasteiger partial charge in [-0.25, -0.2) is 9.78 Å². The summed E-state index contributed by atoms with van der Waals surface area (Å²) in [6.07, 6.45) is 2.59. The van der Waals surface area contributed by atoms with Gasteiger partial charge in [0, 0.05) is 12.7 Å². The Morgan fingerprint density at radius 1 is 1.47 bits per heavy atom. The first-order valence-corrected chi connectivity index (χ1v) is 5.74. The minimum absolute atomic E-state index is 0.222. The lowest BCUT2D eigenvalue weighted by Gasteiger charge is -2.19. The molecule has 0 atom stereocenters. The van der Waals surface area contributed by atoms with E-state index >= 15 is 0 Å². The molecule has 0 bridgehead atoms. The lowest BCUT2D eigenvalue weighted by atomic mass is 9.92. The van der Waals surface area contributed by atoms with Crippen LogP contribution in [0.4, 0.5) is 5.82 Å². The first-order chi connectivity index (χ1) is 7.81. The number of rotatable bonds is 4. The van der Waals surface area contributed by atoms with Gasteiger partial charge in [-0.15, -0.1) is 0 Å². The van der Waals surface area contributed by atoms with Crippen LogP contribution in [0.1, 0.15) is 43.1 Å². The van der Waals surface area contributed by atoms with Crippen LogP contribution in [0.5, 0.6) is 0 Å². The maximum absolute atomic E-state index is 11.1. The SMILES string of the molecule is Cc1ccnc(NCCC(C)(C)C)c1C(=O)O. The second-order valence-corrected chi connectivity index (χ2v) is 5.39. The van der Waals surface area contributed by atoms with Crippen molar-refractivity contribution in [1.82, 2.24) is 4.98 Å². The molecule has 1 aromatic rings. The number of hydrogen-bond donors (Lipinski definition) is 2. The van der Waals surface area contributed by atoms with Crippen molar-refractivity contribution in [2.45, 2.75) is 34.1 Å². The summed E-state index contributed by atoms with van der Waals surface area (Å²) in [4.78, 5) is 15.2. The number of aryl methyl sites for hydroxylation is 1. The van der Waals surface area contributed by atoms with Crippen molar-refractivity contribution in [3.63, 3.8) is 0 Å². The largest absolute Gasteiger partial charge is 0.478 e. The number of carbonyl (C=O) groups is 1. The van der Waals surface area contributed by atoms with Gasteiger partial charge in [0.2, 0.25) is 0 Å². The number of aromatic carboxylic acids is 1. The zero-order valence-corrected chi connectivity index (χ0v) is 10.9. The Hall–Kier alpha value is -1.58. The second kappa shape index (κ2) is 5.17. The molecule has 4 nitrogen and oxygen atoms in total. The zero-order chi connectivity index (χ0) is 13.1. The number of nitrogens with one attached hydrogen (secondary N) is 1. The second-order valence-electron chi connectivity index (χ2n) is 5.39. The number of nitrogens with zero attached hydrogens (tertiary/aromatic N) is 1. The van der Waals surface area contributed by atoms with E-state index in [0.717, 1.165) is 18.5 Å². The van der Waals surface area contributed by atoms with E-state index in [1.807, 2.05) is 0 Å². The summed E-state index contributed by atoms with van der Waals surface area (Å²) in [6, 6.07) is 1.71. The molecule has 1 heterocycles. The molecule has 0 spiro atoms. The maximum Gasteiger partial charge on any atom is 0.339 e. The Labute approximate surface area is 102 Å².